The molecule has 5 heteroatoms. The van der Waals surface area contributed by atoms with E-state index in [4.69, 9.17) is 4.98 Å². The van der Waals surface area contributed by atoms with Gasteiger partial charge in [-0.3, -0.25) is 4.40 Å². The van der Waals surface area contributed by atoms with Gasteiger partial charge in [-0.05, 0) is 55.9 Å². The van der Waals surface area contributed by atoms with Gasteiger partial charge in [0.25, 0.3) is 0 Å². The lowest BCUT2D eigenvalue weighted by atomic mass is 10.0. The highest BCUT2D eigenvalue weighted by Crippen LogP contribution is 2.34. The summed E-state index contributed by atoms with van der Waals surface area (Å²) in [4.78, 5) is 7.29. The van der Waals surface area contributed by atoms with Crippen molar-refractivity contribution >= 4 is 22.5 Å². The quantitative estimate of drug-likeness (QED) is 0.720. The number of nitrogens with zero attached hydrogens (tertiary/aromatic N) is 4. The van der Waals surface area contributed by atoms with Crippen molar-refractivity contribution in [2.24, 2.45) is 0 Å². The molecule has 5 nitrogen and oxygen atoms in total. The van der Waals surface area contributed by atoms with Gasteiger partial charge in [-0.15, -0.1) is 0 Å². The molecule has 0 saturated carbocycles. The Morgan fingerprint density at radius 1 is 1.16 bits per heavy atom. The maximum atomic E-state index is 9.75. The molecule has 0 bridgehead atoms. The molecule has 0 unspecified atom stereocenters. The van der Waals surface area contributed by atoms with Crippen LogP contribution in [-0.4, -0.2) is 28.0 Å². The van der Waals surface area contributed by atoms with Gasteiger partial charge in [-0.2, -0.15) is 5.26 Å². The number of benzene rings is 1. The zero-order chi connectivity index (χ0) is 16.7. The summed E-state index contributed by atoms with van der Waals surface area (Å²) in [6.07, 6.45) is 4.70. The van der Waals surface area contributed by atoms with Gasteiger partial charge in [0, 0.05) is 13.1 Å². The van der Waals surface area contributed by atoms with Crippen LogP contribution in [0.3, 0.4) is 0 Å². The molecular formula is C20H24N4O. The highest BCUT2D eigenvalue weighted by Gasteiger charge is 2.24. The van der Waals surface area contributed by atoms with E-state index in [1.54, 1.807) is 0 Å². The SMILES string of the molecule is CCc1c(C)c(C#N)c2nc3ccccc3n2c1N1CCCCC1.O. The highest BCUT2D eigenvalue weighted by molar-refractivity contribution is 5.86. The summed E-state index contributed by atoms with van der Waals surface area (Å²) in [5, 5.41) is 9.75. The van der Waals surface area contributed by atoms with E-state index in [2.05, 4.69) is 35.3 Å². The van der Waals surface area contributed by atoms with E-state index >= 15 is 0 Å². The molecule has 1 saturated heterocycles. The summed E-state index contributed by atoms with van der Waals surface area (Å²) in [5.41, 5.74) is 5.93. The fraction of sp³-hybridized carbons (Fsp3) is 0.400. The topological polar surface area (TPSA) is 75.8 Å². The number of nitriles is 1. The first-order valence-corrected chi connectivity index (χ1v) is 8.84. The van der Waals surface area contributed by atoms with E-state index in [1.807, 2.05) is 18.2 Å². The number of hydrogen-bond donors (Lipinski definition) is 0. The minimum absolute atomic E-state index is 0. The van der Waals surface area contributed by atoms with Crippen LogP contribution in [0.2, 0.25) is 0 Å². The Balaban J connectivity index is 0.00000182. The van der Waals surface area contributed by atoms with Crippen LogP contribution >= 0.6 is 0 Å². The number of pyridine rings is 1. The maximum absolute atomic E-state index is 9.75. The third kappa shape index (κ3) is 2.54. The molecule has 0 radical (unpaired) electrons. The number of aromatic nitrogens is 2. The van der Waals surface area contributed by atoms with Crippen molar-refractivity contribution in [3.63, 3.8) is 0 Å². The number of piperidine rings is 1. The zero-order valence-corrected chi connectivity index (χ0v) is 14.8. The first-order valence-electron chi connectivity index (χ1n) is 8.84. The summed E-state index contributed by atoms with van der Waals surface area (Å²) >= 11 is 0. The van der Waals surface area contributed by atoms with Gasteiger partial charge in [0.1, 0.15) is 11.9 Å². The average molecular weight is 336 g/mol. The summed E-state index contributed by atoms with van der Waals surface area (Å²) in [7, 11) is 0. The van der Waals surface area contributed by atoms with Crippen molar-refractivity contribution < 1.29 is 5.48 Å². The molecule has 0 aliphatic carbocycles. The molecule has 130 valence electrons. The van der Waals surface area contributed by atoms with E-state index in [1.165, 1.54) is 30.6 Å². The Morgan fingerprint density at radius 3 is 2.56 bits per heavy atom. The molecule has 1 aromatic carbocycles. The lowest BCUT2D eigenvalue weighted by molar-refractivity contribution is 0.570. The Labute approximate surface area is 147 Å². The fourth-order valence-electron chi connectivity index (χ4n) is 4.02. The molecule has 1 aliphatic heterocycles. The first kappa shape index (κ1) is 17.2. The third-order valence-corrected chi connectivity index (χ3v) is 5.21. The Morgan fingerprint density at radius 2 is 1.88 bits per heavy atom. The molecule has 2 aromatic heterocycles. The van der Waals surface area contributed by atoms with Crippen LogP contribution in [0, 0.1) is 18.3 Å². The molecular weight excluding hydrogens is 312 g/mol. The molecule has 3 aromatic rings. The second-order valence-electron chi connectivity index (χ2n) is 6.57. The average Bonchev–Trinajstić information content (AvgIpc) is 3.00. The summed E-state index contributed by atoms with van der Waals surface area (Å²) in [6.45, 7) is 6.42. The molecule has 0 amide bonds. The Bertz CT molecular complexity index is 961. The van der Waals surface area contributed by atoms with Gasteiger partial charge in [-0.25, -0.2) is 4.98 Å². The van der Waals surface area contributed by atoms with Gasteiger partial charge in [-0.1, -0.05) is 19.1 Å². The van der Waals surface area contributed by atoms with Gasteiger partial charge in [0.15, 0.2) is 5.65 Å². The number of imidazole rings is 1. The number of rotatable bonds is 2. The Kier molecular flexibility index (Phi) is 4.65. The smallest absolute Gasteiger partial charge is 0.157 e. The monoisotopic (exact) mass is 336 g/mol. The zero-order valence-electron chi connectivity index (χ0n) is 14.8. The first-order chi connectivity index (χ1) is 11.8. The predicted molar refractivity (Wildman–Crippen MR) is 101 cm³/mol. The van der Waals surface area contributed by atoms with Crippen molar-refractivity contribution in [2.75, 3.05) is 18.0 Å². The molecule has 1 aliphatic rings. The second-order valence-corrected chi connectivity index (χ2v) is 6.57. The lowest BCUT2D eigenvalue weighted by Gasteiger charge is -2.32. The van der Waals surface area contributed by atoms with Crippen molar-refractivity contribution in [1.29, 1.82) is 5.26 Å². The molecule has 0 spiro atoms. The maximum Gasteiger partial charge on any atom is 0.157 e. The van der Waals surface area contributed by atoms with Crippen LogP contribution in [0.15, 0.2) is 24.3 Å². The van der Waals surface area contributed by atoms with Crippen molar-refractivity contribution in [3.05, 3.63) is 41.0 Å². The summed E-state index contributed by atoms with van der Waals surface area (Å²) in [5.74, 6) is 1.25. The normalized spacial score (nSPS) is 14.5. The second kappa shape index (κ2) is 6.73. The van der Waals surface area contributed by atoms with Crippen LogP contribution in [0.25, 0.3) is 16.7 Å². The minimum Gasteiger partial charge on any atom is -0.412 e. The van der Waals surface area contributed by atoms with E-state index < -0.39 is 0 Å². The number of anilines is 1. The summed E-state index contributed by atoms with van der Waals surface area (Å²) < 4.78 is 2.23. The van der Waals surface area contributed by atoms with Crippen molar-refractivity contribution in [2.45, 2.75) is 39.5 Å². The molecule has 2 N–H and O–H groups in total. The van der Waals surface area contributed by atoms with Gasteiger partial charge in [0.2, 0.25) is 0 Å². The standard InChI is InChI=1S/C20H22N4.H2O/c1-3-15-14(2)16(13-21)19-22-17-9-5-6-10-18(17)24(19)20(15)23-11-7-4-8-12-23;/h5-6,9-10H,3-4,7-8,11-12H2,1-2H3;1H2. The summed E-state index contributed by atoms with van der Waals surface area (Å²) in [6, 6.07) is 10.6. The molecule has 3 heterocycles. The van der Waals surface area contributed by atoms with Crippen molar-refractivity contribution in [3.8, 4) is 6.07 Å². The number of hydrogen-bond acceptors (Lipinski definition) is 3. The lowest BCUT2D eigenvalue weighted by Crippen LogP contribution is -2.32. The van der Waals surface area contributed by atoms with E-state index in [9.17, 15) is 5.26 Å². The predicted octanol–water partition coefficient (Wildman–Crippen LogP) is 3.40. The fourth-order valence-corrected chi connectivity index (χ4v) is 4.02. The number of fused-ring (bicyclic) bond motifs is 3. The van der Waals surface area contributed by atoms with Crippen LogP contribution in [0.5, 0.6) is 0 Å². The largest absolute Gasteiger partial charge is 0.412 e. The van der Waals surface area contributed by atoms with Crippen LogP contribution < -0.4 is 4.90 Å². The van der Waals surface area contributed by atoms with Gasteiger partial charge < -0.3 is 10.4 Å². The number of para-hydroxylation sites is 2. The van der Waals surface area contributed by atoms with Gasteiger partial charge in [0.05, 0.1) is 16.6 Å². The van der Waals surface area contributed by atoms with Crippen LogP contribution in [-0.2, 0) is 6.42 Å². The third-order valence-electron chi connectivity index (χ3n) is 5.21. The van der Waals surface area contributed by atoms with Crippen LogP contribution in [0.4, 0.5) is 5.82 Å². The van der Waals surface area contributed by atoms with E-state index in [-0.39, 0.29) is 5.48 Å². The molecule has 4 rings (SSSR count). The minimum atomic E-state index is 0. The van der Waals surface area contributed by atoms with Gasteiger partial charge >= 0.3 is 0 Å². The highest BCUT2D eigenvalue weighted by atomic mass is 16.0. The Hall–Kier alpha value is -2.58. The molecule has 0 atom stereocenters. The van der Waals surface area contributed by atoms with Crippen LogP contribution in [0.1, 0.15) is 42.9 Å². The van der Waals surface area contributed by atoms with E-state index in [0.29, 0.717) is 5.56 Å². The molecule has 25 heavy (non-hydrogen) atoms. The van der Waals surface area contributed by atoms with E-state index in [0.717, 1.165) is 41.8 Å². The molecule has 1 fully saturated rings. The van der Waals surface area contributed by atoms with Crippen molar-refractivity contribution in [1.82, 2.24) is 9.38 Å².